The standard InChI is InChI=1S/C17H36N4O/c1-4-18-17(20-12-13-21(2)14-15-22-3)19-11-7-10-16-8-5-6-9-16/h16H,4-15H2,1-3H3,(H2,18,19,20). The number of likely N-dealkylation sites (N-methyl/N-ethyl adjacent to an activating group) is 1. The minimum Gasteiger partial charge on any atom is -0.383 e. The molecule has 1 saturated carbocycles. The van der Waals surface area contributed by atoms with Crippen LogP contribution in [0.4, 0.5) is 0 Å². The zero-order chi connectivity index (χ0) is 16.0. The molecule has 0 spiro atoms. The van der Waals surface area contributed by atoms with Gasteiger partial charge in [0.25, 0.3) is 0 Å². The average molecular weight is 313 g/mol. The molecule has 0 amide bonds. The van der Waals surface area contributed by atoms with Crippen LogP contribution in [0.1, 0.15) is 45.4 Å². The average Bonchev–Trinajstić information content (AvgIpc) is 3.02. The first-order valence-corrected chi connectivity index (χ1v) is 8.96. The van der Waals surface area contributed by atoms with Crippen molar-refractivity contribution in [3.05, 3.63) is 0 Å². The van der Waals surface area contributed by atoms with Crippen LogP contribution in [0, 0.1) is 5.92 Å². The molecule has 0 bridgehead atoms. The molecule has 0 atom stereocenters. The summed E-state index contributed by atoms with van der Waals surface area (Å²) >= 11 is 0. The lowest BCUT2D eigenvalue weighted by molar-refractivity contribution is 0.162. The van der Waals surface area contributed by atoms with E-state index in [1.165, 1.54) is 38.5 Å². The molecule has 5 heteroatoms. The Balaban J connectivity index is 2.14. The van der Waals surface area contributed by atoms with Crippen molar-refractivity contribution in [1.29, 1.82) is 0 Å². The van der Waals surface area contributed by atoms with Crippen LogP contribution < -0.4 is 10.6 Å². The molecule has 1 aliphatic rings. The maximum Gasteiger partial charge on any atom is 0.191 e. The van der Waals surface area contributed by atoms with Crippen LogP contribution >= 0.6 is 0 Å². The summed E-state index contributed by atoms with van der Waals surface area (Å²) in [6.07, 6.45) is 8.33. The van der Waals surface area contributed by atoms with Crippen molar-refractivity contribution in [3.63, 3.8) is 0 Å². The van der Waals surface area contributed by atoms with Gasteiger partial charge in [0.1, 0.15) is 0 Å². The number of ether oxygens (including phenoxy) is 1. The number of nitrogens with zero attached hydrogens (tertiary/aromatic N) is 2. The molecule has 1 aliphatic carbocycles. The third-order valence-corrected chi connectivity index (χ3v) is 4.32. The van der Waals surface area contributed by atoms with E-state index in [0.29, 0.717) is 0 Å². The van der Waals surface area contributed by atoms with Gasteiger partial charge in [-0.25, -0.2) is 0 Å². The highest BCUT2D eigenvalue weighted by Gasteiger charge is 2.13. The summed E-state index contributed by atoms with van der Waals surface area (Å²) in [5.74, 6) is 1.93. The molecule has 0 unspecified atom stereocenters. The van der Waals surface area contributed by atoms with Crippen LogP contribution in [0.25, 0.3) is 0 Å². The minimum atomic E-state index is 0.784. The molecule has 0 aromatic carbocycles. The molecule has 0 radical (unpaired) electrons. The number of rotatable bonds is 11. The van der Waals surface area contributed by atoms with Gasteiger partial charge in [0.15, 0.2) is 5.96 Å². The highest BCUT2D eigenvalue weighted by molar-refractivity contribution is 5.79. The Kier molecular flexibility index (Phi) is 11.1. The number of guanidine groups is 1. The molecule has 1 rings (SSSR count). The van der Waals surface area contributed by atoms with E-state index in [0.717, 1.165) is 51.2 Å². The number of methoxy groups -OCH3 is 1. The van der Waals surface area contributed by atoms with Crippen LogP contribution in [0.3, 0.4) is 0 Å². The lowest BCUT2D eigenvalue weighted by Crippen LogP contribution is -2.41. The minimum absolute atomic E-state index is 0.784. The Bertz CT molecular complexity index is 290. The van der Waals surface area contributed by atoms with Crippen LogP contribution in [0.2, 0.25) is 0 Å². The summed E-state index contributed by atoms with van der Waals surface area (Å²) in [5, 5.41) is 6.74. The van der Waals surface area contributed by atoms with E-state index >= 15 is 0 Å². The van der Waals surface area contributed by atoms with E-state index in [9.17, 15) is 0 Å². The Morgan fingerprint density at radius 2 is 2.00 bits per heavy atom. The van der Waals surface area contributed by atoms with Gasteiger partial charge in [0.05, 0.1) is 6.61 Å². The number of hydrogen-bond donors (Lipinski definition) is 2. The molecule has 0 saturated heterocycles. The molecule has 0 heterocycles. The summed E-state index contributed by atoms with van der Waals surface area (Å²) in [6, 6.07) is 0. The summed E-state index contributed by atoms with van der Waals surface area (Å²) < 4.78 is 5.09. The second-order valence-corrected chi connectivity index (χ2v) is 6.28. The fraction of sp³-hybridized carbons (Fsp3) is 0.941. The molecule has 0 aromatic heterocycles. The van der Waals surface area contributed by atoms with E-state index in [4.69, 9.17) is 4.74 Å². The fourth-order valence-electron chi connectivity index (χ4n) is 2.94. The fourth-order valence-corrected chi connectivity index (χ4v) is 2.94. The summed E-state index contributed by atoms with van der Waals surface area (Å²) in [4.78, 5) is 6.95. The van der Waals surface area contributed by atoms with Crippen molar-refractivity contribution >= 4 is 5.96 Å². The van der Waals surface area contributed by atoms with E-state index < -0.39 is 0 Å². The van der Waals surface area contributed by atoms with Gasteiger partial charge in [-0.1, -0.05) is 25.7 Å². The molecule has 0 aromatic rings. The zero-order valence-electron chi connectivity index (χ0n) is 14.9. The topological polar surface area (TPSA) is 48.9 Å². The molecule has 5 nitrogen and oxygen atoms in total. The Morgan fingerprint density at radius 1 is 1.23 bits per heavy atom. The molecule has 22 heavy (non-hydrogen) atoms. The highest BCUT2D eigenvalue weighted by atomic mass is 16.5. The molecule has 1 fully saturated rings. The van der Waals surface area contributed by atoms with Gasteiger partial charge in [-0.2, -0.15) is 0 Å². The van der Waals surface area contributed by atoms with Gasteiger partial charge >= 0.3 is 0 Å². The van der Waals surface area contributed by atoms with E-state index in [1.807, 2.05) is 0 Å². The third kappa shape index (κ3) is 9.26. The molecule has 0 aliphatic heterocycles. The smallest absolute Gasteiger partial charge is 0.191 e. The third-order valence-electron chi connectivity index (χ3n) is 4.32. The van der Waals surface area contributed by atoms with Gasteiger partial charge in [-0.3, -0.25) is 4.99 Å². The van der Waals surface area contributed by atoms with Crippen LogP contribution in [-0.4, -0.2) is 64.3 Å². The van der Waals surface area contributed by atoms with Gasteiger partial charge in [0.2, 0.25) is 0 Å². The first kappa shape index (κ1) is 19.2. The lowest BCUT2D eigenvalue weighted by Gasteiger charge is -2.17. The largest absolute Gasteiger partial charge is 0.383 e. The van der Waals surface area contributed by atoms with Crippen LogP contribution in [0.5, 0.6) is 0 Å². The van der Waals surface area contributed by atoms with Crippen LogP contribution in [0.15, 0.2) is 4.99 Å². The zero-order valence-corrected chi connectivity index (χ0v) is 14.9. The number of aliphatic imine (C=N–C) groups is 1. The number of hydrogen-bond acceptors (Lipinski definition) is 3. The van der Waals surface area contributed by atoms with Gasteiger partial charge in [-0.15, -0.1) is 0 Å². The molecule has 130 valence electrons. The molecular formula is C17H36N4O. The second kappa shape index (κ2) is 12.7. The Hall–Kier alpha value is -0.810. The van der Waals surface area contributed by atoms with Crippen molar-refractivity contribution in [2.45, 2.75) is 45.4 Å². The molecule has 2 N–H and O–H groups in total. The predicted octanol–water partition coefficient (Wildman–Crippen LogP) is 2.09. The van der Waals surface area contributed by atoms with Crippen molar-refractivity contribution in [2.24, 2.45) is 10.9 Å². The Labute approximate surface area is 136 Å². The predicted molar refractivity (Wildman–Crippen MR) is 94.5 cm³/mol. The van der Waals surface area contributed by atoms with Gasteiger partial charge < -0.3 is 20.3 Å². The van der Waals surface area contributed by atoms with Crippen LogP contribution in [-0.2, 0) is 4.74 Å². The quantitative estimate of drug-likeness (QED) is 0.348. The van der Waals surface area contributed by atoms with E-state index in [2.05, 4.69) is 34.5 Å². The summed E-state index contributed by atoms with van der Waals surface area (Å²) in [7, 11) is 3.86. The van der Waals surface area contributed by atoms with E-state index in [-0.39, 0.29) is 0 Å². The summed E-state index contributed by atoms with van der Waals surface area (Å²) in [6.45, 7) is 7.61. The second-order valence-electron chi connectivity index (χ2n) is 6.28. The van der Waals surface area contributed by atoms with Crippen molar-refractivity contribution in [2.75, 3.05) is 53.5 Å². The van der Waals surface area contributed by atoms with Crippen molar-refractivity contribution < 1.29 is 4.74 Å². The monoisotopic (exact) mass is 312 g/mol. The van der Waals surface area contributed by atoms with E-state index in [1.54, 1.807) is 7.11 Å². The first-order valence-electron chi connectivity index (χ1n) is 8.96. The highest BCUT2D eigenvalue weighted by Crippen LogP contribution is 2.28. The maximum atomic E-state index is 5.09. The van der Waals surface area contributed by atoms with Crippen molar-refractivity contribution in [1.82, 2.24) is 15.5 Å². The molecular weight excluding hydrogens is 276 g/mol. The van der Waals surface area contributed by atoms with Gasteiger partial charge in [0, 0.05) is 39.8 Å². The number of nitrogens with one attached hydrogen (secondary N) is 2. The lowest BCUT2D eigenvalue weighted by atomic mass is 10.0. The normalized spacial score (nSPS) is 16.5. The SMILES string of the molecule is CCNC(=NCCCC1CCCC1)NCCN(C)CCOC. The first-order chi connectivity index (χ1) is 10.8. The van der Waals surface area contributed by atoms with Crippen molar-refractivity contribution in [3.8, 4) is 0 Å². The maximum absolute atomic E-state index is 5.09. The van der Waals surface area contributed by atoms with Gasteiger partial charge in [-0.05, 0) is 32.7 Å². The summed E-state index contributed by atoms with van der Waals surface area (Å²) in [5.41, 5.74) is 0. The Morgan fingerprint density at radius 3 is 2.68 bits per heavy atom.